The standard InChI is InChI=1S/C19H16BrNO9/c1-26-10-6-5-8(7-9(10)21(24)25)15-12(20)13(22)11-14(23)17(27-2)19(29-4)18(28-3)16(11)30-15/h5-7,23H,1-4H3. The third-order valence-corrected chi connectivity index (χ3v) is 5.10. The zero-order valence-corrected chi connectivity index (χ0v) is 17.9. The third-order valence-electron chi connectivity index (χ3n) is 4.38. The number of hydrogen-bond donors (Lipinski definition) is 1. The van der Waals surface area contributed by atoms with Gasteiger partial charge < -0.3 is 28.5 Å². The van der Waals surface area contributed by atoms with E-state index in [0.717, 1.165) is 0 Å². The maximum absolute atomic E-state index is 13.0. The summed E-state index contributed by atoms with van der Waals surface area (Å²) in [6.45, 7) is 0. The average Bonchev–Trinajstić information content (AvgIpc) is 2.74. The number of phenolic OH excluding ortho intramolecular Hbond substituents is 1. The minimum Gasteiger partial charge on any atom is -0.504 e. The van der Waals surface area contributed by atoms with Gasteiger partial charge in [0.1, 0.15) is 9.86 Å². The highest BCUT2D eigenvalue weighted by Gasteiger charge is 2.29. The van der Waals surface area contributed by atoms with Crippen LogP contribution in [-0.2, 0) is 0 Å². The Morgan fingerprint density at radius 3 is 2.20 bits per heavy atom. The first kappa shape index (κ1) is 21.2. The summed E-state index contributed by atoms with van der Waals surface area (Å²) >= 11 is 3.17. The van der Waals surface area contributed by atoms with Gasteiger partial charge in [0.05, 0.1) is 33.4 Å². The molecule has 0 amide bonds. The molecule has 0 saturated carbocycles. The summed E-state index contributed by atoms with van der Waals surface area (Å²) in [5.74, 6) is -0.535. The molecule has 3 aromatic rings. The van der Waals surface area contributed by atoms with E-state index < -0.39 is 16.1 Å². The lowest BCUT2D eigenvalue weighted by atomic mass is 10.1. The number of benzene rings is 2. The van der Waals surface area contributed by atoms with Gasteiger partial charge in [0, 0.05) is 11.6 Å². The van der Waals surface area contributed by atoms with Gasteiger partial charge in [-0.15, -0.1) is 0 Å². The number of aromatic hydroxyl groups is 1. The Hall–Kier alpha value is -3.47. The van der Waals surface area contributed by atoms with Crippen LogP contribution in [0.2, 0.25) is 0 Å². The summed E-state index contributed by atoms with van der Waals surface area (Å²) in [7, 11) is 5.26. The molecule has 0 saturated heterocycles. The maximum Gasteiger partial charge on any atom is 0.311 e. The smallest absolute Gasteiger partial charge is 0.311 e. The fourth-order valence-corrected chi connectivity index (χ4v) is 3.54. The van der Waals surface area contributed by atoms with Gasteiger partial charge in [0.25, 0.3) is 0 Å². The Morgan fingerprint density at radius 1 is 1.03 bits per heavy atom. The Morgan fingerprint density at radius 2 is 1.67 bits per heavy atom. The lowest BCUT2D eigenvalue weighted by Gasteiger charge is -2.16. The van der Waals surface area contributed by atoms with Crippen molar-refractivity contribution in [2.24, 2.45) is 0 Å². The second kappa shape index (κ2) is 8.11. The summed E-state index contributed by atoms with van der Waals surface area (Å²) < 4.78 is 26.6. The van der Waals surface area contributed by atoms with Gasteiger partial charge in [-0.2, -0.15) is 0 Å². The molecule has 3 rings (SSSR count). The van der Waals surface area contributed by atoms with E-state index in [4.69, 9.17) is 23.4 Å². The van der Waals surface area contributed by atoms with Crippen LogP contribution in [0.15, 0.2) is 31.9 Å². The Labute approximate surface area is 177 Å². The van der Waals surface area contributed by atoms with E-state index in [-0.39, 0.29) is 55.5 Å². The van der Waals surface area contributed by atoms with Crippen LogP contribution in [0.25, 0.3) is 22.3 Å². The van der Waals surface area contributed by atoms with Gasteiger partial charge in [0.2, 0.25) is 22.7 Å². The Balaban J connectivity index is 2.45. The number of phenols is 1. The number of fused-ring (bicyclic) bond motifs is 1. The van der Waals surface area contributed by atoms with Crippen LogP contribution in [-0.4, -0.2) is 38.5 Å². The van der Waals surface area contributed by atoms with Crippen LogP contribution in [0.1, 0.15) is 0 Å². The molecule has 30 heavy (non-hydrogen) atoms. The number of methoxy groups -OCH3 is 4. The van der Waals surface area contributed by atoms with Crippen molar-refractivity contribution >= 4 is 32.6 Å². The number of ether oxygens (including phenoxy) is 4. The highest BCUT2D eigenvalue weighted by Crippen LogP contribution is 2.50. The van der Waals surface area contributed by atoms with Gasteiger partial charge in [0.15, 0.2) is 22.8 Å². The molecule has 10 nitrogen and oxygen atoms in total. The van der Waals surface area contributed by atoms with Crippen molar-refractivity contribution in [2.45, 2.75) is 0 Å². The fraction of sp³-hybridized carbons (Fsp3) is 0.211. The summed E-state index contributed by atoms with van der Waals surface area (Å²) in [5, 5.41) is 21.7. The van der Waals surface area contributed by atoms with E-state index in [1.54, 1.807) is 0 Å². The summed E-state index contributed by atoms with van der Waals surface area (Å²) in [6, 6.07) is 4.09. The molecular weight excluding hydrogens is 466 g/mol. The Bertz CT molecular complexity index is 1220. The van der Waals surface area contributed by atoms with Gasteiger partial charge in [-0.05, 0) is 28.1 Å². The average molecular weight is 482 g/mol. The number of hydrogen-bond acceptors (Lipinski definition) is 9. The topological polar surface area (TPSA) is 131 Å². The van der Waals surface area contributed by atoms with Gasteiger partial charge >= 0.3 is 5.69 Å². The zero-order valence-electron chi connectivity index (χ0n) is 16.3. The third kappa shape index (κ3) is 3.16. The largest absolute Gasteiger partial charge is 0.504 e. The molecular formula is C19H16BrNO9. The first-order valence-electron chi connectivity index (χ1n) is 8.30. The van der Waals surface area contributed by atoms with Crippen LogP contribution in [0.5, 0.6) is 28.7 Å². The monoisotopic (exact) mass is 481 g/mol. The van der Waals surface area contributed by atoms with Crippen molar-refractivity contribution in [1.29, 1.82) is 0 Å². The molecule has 0 fully saturated rings. The normalized spacial score (nSPS) is 10.7. The number of nitrogens with zero attached hydrogens (tertiary/aromatic N) is 1. The zero-order chi connectivity index (χ0) is 22.2. The molecule has 0 bridgehead atoms. The number of nitro groups is 1. The summed E-state index contributed by atoms with van der Waals surface area (Å²) in [6.07, 6.45) is 0. The molecule has 0 aliphatic heterocycles. The molecule has 0 unspecified atom stereocenters. The molecule has 11 heteroatoms. The predicted molar refractivity (Wildman–Crippen MR) is 110 cm³/mol. The maximum atomic E-state index is 13.0. The van der Waals surface area contributed by atoms with Gasteiger partial charge in [-0.1, -0.05) is 0 Å². The molecule has 0 aliphatic rings. The van der Waals surface area contributed by atoms with E-state index in [1.165, 1.54) is 46.6 Å². The molecule has 1 aromatic heterocycles. The van der Waals surface area contributed by atoms with Crippen molar-refractivity contribution < 1.29 is 33.4 Å². The molecule has 2 aromatic carbocycles. The van der Waals surface area contributed by atoms with E-state index in [9.17, 15) is 20.0 Å². The molecule has 0 radical (unpaired) electrons. The first-order valence-corrected chi connectivity index (χ1v) is 9.09. The second-order valence-corrected chi connectivity index (χ2v) is 6.66. The first-order chi connectivity index (χ1) is 14.3. The lowest BCUT2D eigenvalue weighted by molar-refractivity contribution is -0.385. The lowest BCUT2D eigenvalue weighted by Crippen LogP contribution is -2.07. The van der Waals surface area contributed by atoms with Gasteiger partial charge in [-0.25, -0.2) is 0 Å². The molecule has 158 valence electrons. The Kier molecular flexibility index (Phi) is 5.74. The number of halogens is 1. The van der Waals surface area contributed by atoms with Gasteiger partial charge in [-0.3, -0.25) is 14.9 Å². The minimum atomic E-state index is -0.638. The van der Waals surface area contributed by atoms with Crippen molar-refractivity contribution in [3.63, 3.8) is 0 Å². The van der Waals surface area contributed by atoms with E-state index >= 15 is 0 Å². The summed E-state index contributed by atoms with van der Waals surface area (Å²) in [4.78, 5) is 23.8. The van der Waals surface area contributed by atoms with E-state index in [1.807, 2.05) is 0 Å². The highest BCUT2D eigenvalue weighted by molar-refractivity contribution is 9.10. The van der Waals surface area contributed by atoms with Crippen LogP contribution in [0.4, 0.5) is 5.69 Å². The van der Waals surface area contributed by atoms with Crippen molar-refractivity contribution in [1.82, 2.24) is 0 Å². The molecule has 0 atom stereocenters. The van der Waals surface area contributed by atoms with Crippen LogP contribution < -0.4 is 24.4 Å². The molecule has 0 spiro atoms. The molecule has 0 aliphatic carbocycles. The van der Waals surface area contributed by atoms with Crippen LogP contribution in [0, 0.1) is 10.1 Å². The SMILES string of the molecule is COc1ccc(-c2oc3c(OC)c(OC)c(OC)c(O)c3c(=O)c2Br)cc1[N+](=O)[O-]. The molecule has 1 N–H and O–H groups in total. The number of rotatable bonds is 6. The summed E-state index contributed by atoms with van der Waals surface area (Å²) in [5.41, 5.74) is -0.840. The van der Waals surface area contributed by atoms with Crippen molar-refractivity contribution in [3.05, 3.63) is 43.0 Å². The highest BCUT2D eigenvalue weighted by atomic mass is 79.9. The molecule has 1 heterocycles. The van der Waals surface area contributed by atoms with E-state index in [0.29, 0.717) is 0 Å². The predicted octanol–water partition coefficient (Wildman–Crippen LogP) is 3.87. The van der Waals surface area contributed by atoms with E-state index in [2.05, 4.69) is 15.9 Å². The van der Waals surface area contributed by atoms with Crippen molar-refractivity contribution in [2.75, 3.05) is 28.4 Å². The van der Waals surface area contributed by atoms with Crippen LogP contribution >= 0.6 is 15.9 Å². The second-order valence-electron chi connectivity index (χ2n) is 5.87. The fourth-order valence-electron chi connectivity index (χ4n) is 3.04. The minimum absolute atomic E-state index is 0.0102. The van der Waals surface area contributed by atoms with Crippen molar-refractivity contribution in [3.8, 4) is 40.1 Å². The number of nitro benzene ring substituents is 1. The van der Waals surface area contributed by atoms with Crippen LogP contribution in [0.3, 0.4) is 0 Å². The quantitative estimate of drug-likeness (QED) is 0.411.